The van der Waals surface area contributed by atoms with Gasteiger partial charge in [0.25, 0.3) is 0 Å². The highest BCUT2D eigenvalue weighted by atomic mass is 32.2. The van der Waals surface area contributed by atoms with Gasteiger partial charge in [-0.2, -0.15) is 0 Å². The lowest BCUT2D eigenvalue weighted by Gasteiger charge is -2.24. The van der Waals surface area contributed by atoms with E-state index >= 15 is 0 Å². The molecule has 0 saturated carbocycles. The molecule has 1 saturated heterocycles. The first-order valence-corrected chi connectivity index (χ1v) is 11.5. The van der Waals surface area contributed by atoms with E-state index in [0.29, 0.717) is 10.9 Å². The molecule has 2 aromatic carbocycles. The summed E-state index contributed by atoms with van der Waals surface area (Å²) in [6.45, 7) is -0.226. The van der Waals surface area contributed by atoms with Gasteiger partial charge in [-0.15, -0.1) is 0 Å². The highest BCUT2D eigenvalue weighted by Gasteiger charge is 2.44. The van der Waals surface area contributed by atoms with E-state index in [2.05, 4.69) is 10.3 Å². The number of benzene rings is 2. The summed E-state index contributed by atoms with van der Waals surface area (Å²) < 4.78 is 51.1. The van der Waals surface area contributed by atoms with Crippen LogP contribution in [0.2, 0.25) is 0 Å². The number of hydrogen-bond donors (Lipinski definition) is 1. The number of carbonyl (C=O) groups is 1. The summed E-state index contributed by atoms with van der Waals surface area (Å²) in [5.74, 6) is -1.40. The zero-order chi connectivity index (χ0) is 20.6. The van der Waals surface area contributed by atoms with E-state index in [9.17, 15) is 22.0 Å². The number of sulfone groups is 1. The number of nitrogens with zero attached hydrogens (tertiary/aromatic N) is 2. The van der Waals surface area contributed by atoms with E-state index in [1.54, 1.807) is 12.1 Å². The normalized spacial score (nSPS) is 22.1. The average molecular weight is 437 g/mol. The van der Waals surface area contributed by atoms with Crippen LogP contribution in [0.1, 0.15) is 0 Å². The predicted molar refractivity (Wildman–Crippen MR) is 110 cm³/mol. The summed E-state index contributed by atoms with van der Waals surface area (Å²) in [4.78, 5) is 18.5. The topological polar surface area (TPSA) is 78.8 Å². The second-order valence-corrected chi connectivity index (χ2v) is 10.2. The van der Waals surface area contributed by atoms with Crippen molar-refractivity contribution in [3.8, 4) is 0 Å². The molecule has 2 atom stereocenters. The number of amidine groups is 1. The summed E-state index contributed by atoms with van der Waals surface area (Å²) in [5.41, 5.74) is 0.588. The molecule has 0 aromatic heterocycles. The number of hydrogen-bond acceptors (Lipinski definition) is 6. The van der Waals surface area contributed by atoms with Crippen molar-refractivity contribution in [2.45, 2.75) is 11.3 Å². The summed E-state index contributed by atoms with van der Waals surface area (Å²) in [7, 11) is -3.13. The van der Waals surface area contributed by atoms with Gasteiger partial charge in [0.1, 0.15) is 18.2 Å². The maximum absolute atomic E-state index is 14.5. The molecule has 0 bridgehead atoms. The molecule has 0 aliphatic carbocycles. The van der Waals surface area contributed by atoms with Gasteiger partial charge in [0.05, 0.1) is 23.2 Å². The summed E-state index contributed by atoms with van der Waals surface area (Å²) in [6, 6.07) is 10.9. The Morgan fingerprint density at radius 3 is 2.55 bits per heavy atom. The fourth-order valence-corrected chi connectivity index (χ4v) is 7.05. The van der Waals surface area contributed by atoms with Crippen molar-refractivity contribution in [2.24, 2.45) is 4.99 Å². The fraction of sp³-hybridized carbons (Fsp3) is 0.263. The van der Waals surface area contributed by atoms with Crippen LogP contribution < -0.4 is 10.2 Å². The van der Waals surface area contributed by atoms with Crippen molar-refractivity contribution in [3.63, 3.8) is 0 Å². The number of amides is 1. The molecule has 152 valence electrons. The number of anilines is 2. The minimum absolute atomic E-state index is 0.0161. The third-order valence-corrected chi connectivity index (χ3v) is 7.86. The monoisotopic (exact) mass is 437 g/mol. The molecule has 1 amide bonds. The van der Waals surface area contributed by atoms with Gasteiger partial charge in [-0.1, -0.05) is 23.9 Å². The minimum Gasteiger partial charge on any atom is -0.325 e. The highest BCUT2D eigenvalue weighted by Crippen LogP contribution is 2.37. The summed E-state index contributed by atoms with van der Waals surface area (Å²) in [6.07, 6.45) is 0. The Morgan fingerprint density at radius 2 is 1.86 bits per heavy atom. The average Bonchev–Trinajstić information content (AvgIpc) is 3.16. The van der Waals surface area contributed by atoms with Crippen LogP contribution in [0.4, 0.5) is 20.2 Å². The Morgan fingerprint density at radius 1 is 1.14 bits per heavy atom. The largest absolute Gasteiger partial charge is 0.325 e. The molecule has 0 unspecified atom stereocenters. The molecule has 29 heavy (non-hydrogen) atoms. The second kappa shape index (κ2) is 7.75. The maximum Gasteiger partial charge on any atom is 0.244 e. The van der Waals surface area contributed by atoms with Gasteiger partial charge in [0.15, 0.2) is 15.0 Å². The zero-order valence-electron chi connectivity index (χ0n) is 15.1. The lowest BCUT2D eigenvalue weighted by molar-refractivity contribution is -0.114. The number of aliphatic imine (C=N–C) groups is 1. The van der Waals surface area contributed by atoms with Crippen LogP contribution in [0.25, 0.3) is 0 Å². The van der Waals surface area contributed by atoms with Crippen molar-refractivity contribution in [2.75, 3.05) is 28.3 Å². The van der Waals surface area contributed by atoms with Gasteiger partial charge >= 0.3 is 0 Å². The van der Waals surface area contributed by atoms with Crippen LogP contribution in [0.15, 0.2) is 53.5 Å². The third-order valence-electron chi connectivity index (χ3n) is 4.61. The molecule has 1 fully saturated rings. The lowest BCUT2D eigenvalue weighted by atomic mass is 10.2. The van der Waals surface area contributed by atoms with E-state index < -0.39 is 33.4 Å². The summed E-state index contributed by atoms with van der Waals surface area (Å²) >= 11 is 1.25. The standard InChI is InChI=1S/C19H17F2N3O3S2/c20-12-5-7-13(8-6-12)22-18(25)9-24(16-4-2-1-3-14(16)21)19-23-15-10-29(26,27)11-17(15)28-19/h1-8,15,17H,9-11H2,(H,22,25)/t15-,17-/m1/s1. The van der Waals surface area contributed by atoms with Crippen LogP contribution in [-0.4, -0.2) is 48.8 Å². The molecular formula is C19H17F2N3O3S2. The summed E-state index contributed by atoms with van der Waals surface area (Å²) in [5, 5.41) is 2.83. The zero-order valence-corrected chi connectivity index (χ0v) is 16.7. The molecule has 2 aromatic rings. The van der Waals surface area contributed by atoms with Crippen LogP contribution >= 0.6 is 11.8 Å². The number of halogens is 2. The van der Waals surface area contributed by atoms with Crippen LogP contribution in [0, 0.1) is 11.6 Å². The van der Waals surface area contributed by atoms with Gasteiger partial charge in [0.2, 0.25) is 5.91 Å². The smallest absolute Gasteiger partial charge is 0.244 e. The van der Waals surface area contributed by atoms with E-state index in [-0.39, 0.29) is 29.0 Å². The Bertz CT molecular complexity index is 1070. The van der Waals surface area contributed by atoms with Crippen LogP contribution in [-0.2, 0) is 14.6 Å². The first-order valence-electron chi connectivity index (χ1n) is 8.83. The molecule has 1 N–H and O–H groups in total. The van der Waals surface area contributed by atoms with Crippen molar-refractivity contribution in [1.29, 1.82) is 0 Å². The molecule has 0 spiro atoms. The molecule has 0 radical (unpaired) electrons. The van der Waals surface area contributed by atoms with Gasteiger partial charge in [-0.25, -0.2) is 17.2 Å². The van der Waals surface area contributed by atoms with Crippen molar-refractivity contribution in [3.05, 3.63) is 60.2 Å². The van der Waals surface area contributed by atoms with Crippen LogP contribution in [0.3, 0.4) is 0 Å². The SMILES string of the molecule is O=C(CN(C1=N[C@@H]2CS(=O)(=O)C[C@H]2S1)c1ccccc1F)Nc1ccc(F)cc1. The van der Waals surface area contributed by atoms with Gasteiger partial charge in [0, 0.05) is 10.9 Å². The van der Waals surface area contributed by atoms with E-state index in [0.717, 1.165) is 0 Å². The van der Waals surface area contributed by atoms with Gasteiger partial charge in [-0.3, -0.25) is 9.79 Å². The minimum atomic E-state index is -3.13. The second-order valence-electron chi connectivity index (χ2n) is 6.80. The molecule has 4 rings (SSSR count). The Kier molecular flexibility index (Phi) is 5.30. The number of carbonyl (C=O) groups excluding carboxylic acids is 1. The first-order chi connectivity index (χ1) is 13.8. The maximum atomic E-state index is 14.5. The molecule has 6 nitrogen and oxygen atoms in total. The number of para-hydroxylation sites is 1. The van der Waals surface area contributed by atoms with Gasteiger partial charge in [-0.05, 0) is 36.4 Å². The third kappa shape index (κ3) is 4.43. The van der Waals surface area contributed by atoms with Crippen LogP contribution in [0.5, 0.6) is 0 Å². The van der Waals surface area contributed by atoms with E-state index in [4.69, 9.17) is 0 Å². The quantitative estimate of drug-likeness (QED) is 0.796. The molecule has 10 heteroatoms. The van der Waals surface area contributed by atoms with E-state index in [1.165, 1.54) is 53.1 Å². The molecular weight excluding hydrogens is 420 g/mol. The fourth-order valence-electron chi connectivity index (χ4n) is 3.27. The van der Waals surface area contributed by atoms with Gasteiger partial charge < -0.3 is 10.2 Å². The number of fused-ring (bicyclic) bond motifs is 1. The van der Waals surface area contributed by atoms with Crippen molar-refractivity contribution in [1.82, 2.24) is 0 Å². The predicted octanol–water partition coefficient (Wildman–Crippen LogP) is 2.68. The Balaban J connectivity index is 1.57. The molecule has 2 aliphatic rings. The van der Waals surface area contributed by atoms with E-state index in [1.807, 2.05) is 0 Å². The number of rotatable bonds is 4. The van der Waals surface area contributed by atoms with Crippen molar-refractivity contribution < 1.29 is 22.0 Å². The number of thioether (sulfide) groups is 1. The first kappa shape index (κ1) is 19.8. The molecule has 2 heterocycles. The Hall–Kier alpha value is -2.46. The lowest BCUT2D eigenvalue weighted by Crippen LogP contribution is -2.37. The van der Waals surface area contributed by atoms with Crippen molar-refractivity contribution >= 4 is 44.0 Å². The number of nitrogens with one attached hydrogen (secondary N) is 1. The molecule has 2 aliphatic heterocycles. The highest BCUT2D eigenvalue weighted by molar-refractivity contribution is 8.15. The Labute approximate surface area is 170 Å².